The van der Waals surface area contributed by atoms with Crippen molar-refractivity contribution in [2.45, 2.75) is 38.6 Å². The van der Waals surface area contributed by atoms with Gasteiger partial charge in [0.25, 0.3) is 0 Å². The minimum Gasteiger partial charge on any atom is -0.444 e. The predicted octanol–water partition coefficient (Wildman–Crippen LogP) is 0.552. The number of hydrogen-bond acceptors (Lipinski definition) is 4. The molecule has 86 valence electrons. The van der Waals surface area contributed by atoms with Crippen LogP contribution in [0, 0.1) is 0 Å². The number of amides is 1. The Labute approximate surface area is 89.7 Å². The molecule has 0 saturated carbocycles. The van der Waals surface area contributed by atoms with Crippen LogP contribution < -0.4 is 5.32 Å². The van der Waals surface area contributed by atoms with E-state index in [1.807, 2.05) is 20.8 Å². The van der Waals surface area contributed by atoms with Crippen molar-refractivity contribution in [1.29, 1.82) is 0 Å². The normalized spacial score (nSPS) is 30.5. The zero-order valence-electron chi connectivity index (χ0n) is 9.45. The summed E-state index contributed by atoms with van der Waals surface area (Å²) in [7, 11) is 0. The second-order valence-corrected chi connectivity index (χ2v) is 4.99. The summed E-state index contributed by atoms with van der Waals surface area (Å²) in [5.41, 5.74) is -0.443. The lowest BCUT2D eigenvalue weighted by atomic mass is 10.2. The van der Waals surface area contributed by atoms with Crippen molar-refractivity contribution >= 4 is 6.09 Å². The van der Waals surface area contributed by atoms with E-state index in [0.717, 1.165) is 6.54 Å². The molecule has 2 aliphatic heterocycles. The Morgan fingerprint density at radius 1 is 1.47 bits per heavy atom. The first-order chi connectivity index (χ1) is 6.97. The van der Waals surface area contributed by atoms with Gasteiger partial charge in [-0.15, -0.1) is 0 Å². The maximum absolute atomic E-state index is 11.9. The minimum absolute atomic E-state index is 0.124. The molecule has 2 aliphatic rings. The van der Waals surface area contributed by atoms with Gasteiger partial charge >= 0.3 is 6.09 Å². The van der Waals surface area contributed by atoms with Crippen LogP contribution in [0.1, 0.15) is 20.8 Å². The van der Waals surface area contributed by atoms with Crippen molar-refractivity contribution in [3.63, 3.8) is 0 Å². The van der Waals surface area contributed by atoms with Gasteiger partial charge in [0.1, 0.15) is 11.8 Å². The van der Waals surface area contributed by atoms with Crippen LogP contribution in [0.2, 0.25) is 0 Å². The molecule has 5 heteroatoms. The molecule has 0 unspecified atom stereocenters. The third kappa shape index (κ3) is 2.23. The summed E-state index contributed by atoms with van der Waals surface area (Å²) in [5.74, 6) is 0. The van der Waals surface area contributed by atoms with Crippen molar-refractivity contribution in [1.82, 2.24) is 10.2 Å². The molecule has 2 fully saturated rings. The van der Waals surface area contributed by atoms with Gasteiger partial charge in [-0.3, -0.25) is 4.90 Å². The van der Waals surface area contributed by atoms with Gasteiger partial charge in [-0.2, -0.15) is 0 Å². The quantitative estimate of drug-likeness (QED) is 0.640. The summed E-state index contributed by atoms with van der Waals surface area (Å²) >= 11 is 0. The van der Waals surface area contributed by atoms with Crippen LogP contribution in [0.15, 0.2) is 0 Å². The lowest BCUT2D eigenvalue weighted by molar-refractivity contribution is -0.0187. The molecular weight excluding hydrogens is 196 g/mol. The van der Waals surface area contributed by atoms with E-state index >= 15 is 0 Å². The van der Waals surface area contributed by atoms with Crippen molar-refractivity contribution in [3.8, 4) is 0 Å². The first kappa shape index (κ1) is 10.7. The molecule has 0 aromatic heterocycles. The fourth-order valence-electron chi connectivity index (χ4n) is 1.89. The first-order valence-corrected chi connectivity index (χ1v) is 5.31. The largest absolute Gasteiger partial charge is 0.444 e. The fraction of sp³-hybridized carbons (Fsp3) is 0.900. The number of carbonyl (C=O) groups excluding carboxylic acids is 1. The van der Waals surface area contributed by atoms with E-state index in [1.54, 1.807) is 4.90 Å². The first-order valence-electron chi connectivity index (χ1n) is 5.31. The number of hydrogen-bond donors (Lipinski definition) is 1. The standard InChI is InChI=1S/C10H18N2O3/c1-10(2,3)15-9(13)12-7-4-11-5-8(12)14-6-7/h7-8,11H,4-6H2,1-3H3/t7-,8-/m0/s1. The monoisotopic (exact) mass is 214 g/mol. The van der Waals surface area contributed by atoms with E-state index in [2.05, 4.69) is 5.32 Å². The SMILES string of the molecule is CC(C)(C)OC(=O)N1[C@H]2CNC[C@@H]1OC2. The second kappa shape index (κ2) is 3.64. The van der Waals surface area contributed by atoms with Crippen molar-refractivity contribution in [2.24, 2.45) is 0 Å². The second-order valence-electron chi connectivity index (χ2n) is 4.99. The highest BCUT2D eigenvalue weighted by atomic mass is 16.6. The smallest absolute Gasteiger partial charge is 0.412 e. The molecule has 0 radical (unpaired) electrons. The molecule has 5 nitrogen and oxygen atoms in total. The van der Waals surface area contributed by atoms with Gasteiger partial charge in [0.15, 0.2) is 0 Å². The Bertz CT molecular complexity index is 246. The fourth-order valence-corrected chi connectivity index (χ4v) is 1.89. The van der Waals surface area contributed by atoms with E-state index in [0.29, 0.717) is 13.2 Å². The van der Waals surface area contributed by atoms with Crippen LogP contribution in [0.4, 0.5) is 4.79 Å². The zero-order valence-corrected chi connectivity index (χ0v) is 9.45. The van der Waals surface area contributed by atoms with Gasteiger partial charge in [0.2, 0.25) is 0 Å². The molecule has 0 aliphatic carbocycles. The molecule has 0 aromatic rings. The molecule has 1 amide bonds. The molecule has 2 rings (SSSR count). The Balaban J connectivity index is 2.01. The van der Waals surface area contributed by atoms with Crippen molar-refractivity contribution < 1.29 is 14.3 Å². The average molecular weight is 214 g/mol. The van der Waals surface area contributed by atoms with Crippen molar-refractivity contribution in [3.05, 3.63) is 0 Å². The number of carbonyl (C=O) groups is 1. The van der Waals surface area contributed by atoms with E-state index in [-0.39, 0.29) is 18.4 Å². The molecule has 0 aromatic carbocycles. The lowest BCUT2D eigenvalue weighted by Crippen LogP contribution is -2.55. The van der Waals surface area contributed by atoms with Crippen LogP contribution >= 0.6 is 0 Å². The average Bonchev–Trinajstić information content (AvgIpc) is 2.34. The molecular formula is C10H18N2O3. The summed E-state index contributed by atoms with van der Waals surface area (Å²) < 4.78 is 10.8. The number of fused-ring (bicyclic) bond motifs is 2. The van der Waals surface area contributed by atoms with Crippen LogP contribution in [0.25, 0.3) is 0 Å². The summed E-state index contributed by atoms with van der Waals surface area (Å²) in [6.45, 7) is 7.70. The summed E-state index contributed by atoms with van der Waals surface area (Å²) in [6, 6.07) is 0.124. The van der Waals surface area contributed by atoms with Crippen LogP contribution in [-0.4, -0.2) is 48.6 Å². The molecule has 1 N–H and O–H groups in total. The van der Waals surface area contributed by atoms with Gasteiger partial charge in [0.05, 0.1) is 12.6 Å². The summed E-state index contributed by atoms with van der Waals surface area (Å²) in [5, 5.41) is 3.22. The third-order valence-corrected chi connectivity index (χ3v) is 2.49. The predicted molar refractivity (Wildman–Crippen MR) is 54.5 cm³/mol. The van der Waals surface area contributed by atoms with E-state index in [9.17, 15) is 4.79 Å². The number of ether oxygens (including phenoxy) is 2. The highest BCUT2D eigenvalue weighted by Gasteiger charge is 2.42. The molecule has 2 bridgehead atoms. The Hall–Kier alpha value is -0.810. The Kier molecular flexibility index (Phi) is 2.60. The highest BCUT2D eigenvalue weighted by molar-refractivity contribution is 5.69. The topological polar surface area (TPSA) is 50.8 Å². The Morgan fingerprint density at radius 3 is 2.80 bits per heavy atom. The van der Waals surface area contributed by atoms with Gasteiger partial charge < -0.3 is 14.8 Å². The molecule has 15 heavy (non-hydrogen) atoms. The molecule has 2 heterocycles. The highest BCUT2D eigenvalue weighted by Crippen LogP contribution is 2.22. The number of rotatable bonds is 0. The van der Waals surface area contributed by atoms with Gasteiger partial charge in [-0.25, -0.2) is 4.79 Å². The summed E-state index contributed by atoms with van der Waals surface area (Å²) in [6.07, 6.45) is -0.421. The van der Waals surface area contributed by atoms with Gasteiger partial charge in [-0.1, -0.05) is 0 Å². The van der Waals surface area contributed by atoms with Gasteiger partial charge in [0, 0.05) is 13.1 Å². The van der Waals surface area contributed by atoms with Gasteiger partial charge in [-0.05, 0) is 20.8 Å². The van der Waals surface area contributed by atoms with Crippen LogP contribution in [0.5, 0.6) is 0 Å². The molecule has 2 saturated heterocycles. The third-order valence-electron chi connectivity index (χ3n) is 2.49. The number of piperazine rings is 1. The number of nitrogens with zero attached hydrogens (tertiary/aromatic N) is 1. The molecule has 2 atom stereocenters. The van der Waals surface area contributed by atoms with E-state index < -0.39 is 5.60 Å². The van der Waals surface area contributed by atoms with E-state index in [4.69, 9.17) is 9.47 Å². The summed E-state index contributed by atoms with van der Waals surface area (Å²) in [4.78, 5) is 13.6. The maximum atomic E-state index is 11.9. The molecule has 0 spiro atoms. The number of nitrogens with one attached hydrogen (secondary N) is 1. The maximum Gasteiger partial charge on any atom is 0.412 e. The Morgan fingerprint density at radius 2 is 2.20 bits per heavy atom. The minimum atomic E-state index is -0.443. The van der Waals surface area contributed by atoms with E-state index in [1.165, 1.54) is 0 Å². The van der Waals surface area contributed by atoms with Crippen molar-refractivity contribution in [2.75, 3.05) is 19.7 Å². The van der Waals surface area contributed by atoms with Crippen LogP contribution in [-0.2, 0) is 9.47 Å². The lowest BCUT2D eigenvalue weighted by Gasteiger charge is -2.34. The zero-order chi connectivity index (χ0) is 11.1. The van der Waals surface area contributed by atoms with Crippen LogP contribution in [0.3, 0.4) is 0 Å².